The van der Waals surface area contributed by atoms with Crippen molar-refractivity contribution < 1.29 is 4.57 Å². The molecule has 2 heterocycles. The molecule has 0 aliphatic carbocycles. The second-order valence-electron chi connectivity index (χ2n) is 4.94. The average molecular weight is 251 g/mol. The van der Waals surface area contributed by atoms with Crippen molar-refractivity contribution in [3.8, 4) is 5.82 Å². The van der Waals surface area contributed by atoms with Crippen LogP contribution in [0.3, 0.4) is 0 Å². The Hall–Kier alpha value is -2.29. The Morgan fingerprint density at radius 2 is 1.68 bits per heavy atom. The number of pyridine rings is 1. The van der Waals surface area contributed by atoms with E-state index in [1.807, 2.05) is 20.2 Å². The first-order chi connectivity index (χ1) is 9.16. The lowest BCUT2D eigenvalue weighted by atomic mass is 10.2. The van der Waals surface area contributed by atoms with Gasteiger partial charge in [-0.3, -0.25) is 0 Å². The second kappa shape index (κ2) is 4.43. The van der Waals surface area contributed by atoms with Gasteiger partial charge in [0.25, 0.3) is 0 Å². The molecule has 0 atom stereocenters. The van der Waals surface area contributed by atoms with Crippen LogP contribution in [-0.2, 0) is 0 Å². The van der Waals surface area contributed by atoms with Crippen molar-refractivity contribution in [1.82, 2.24) is 4.98 Å². The highest BCUT2D eigenvalue weighted by molar-refractivity contribution is 5.85. The Morgan fingerprint density at radius 1 is 1.00 bits per heavy atom. The number of fused-ring (bicyclic) bond motifs is 1. The lowest BCUT2D eigenvalue weighted by Gasteiger charge is -2.13. The molecule has 0 fully saturated rings. The van der Waals surface area contributed by atoms with Crippen LogP contribution >= 0.6 is 0 Å². The van der Waals surface area contributed by atoms with Gasteiger partial charge in [0.1, 0.15) is 5.82 Å². The molecule has 3 nitrogen and oxygen atoms in total. The summed E-state index contributed by atoms with van der Waals surface area (Å²) in [4.78, 5) is 6.80. The fraction of sp³-hybridized carbons (Fsp3) is 0.188. The number of rotatable bonds is 2. The zero-order chi connectivity index (χ0) is 13.4. The van der Waals surface area contributed by atoms with Crippen molar-refractivity contribution in [2.24, 2.45) is 0 Å². The van der Waals surface area contributed by atoms with Crippen molar-refractivity contribution in [2.75, 3.05) is 19.0 Å². The molecule has 3 heteroatoms. The minimum absolute atomic E-state index is 1.01. The zero-order valence-electron chi connectivity index (χ0n) is 11.5. The van der Waals surface area contributed by atoms with Gasteiger partial charge in [-0.05, 0) is 25.1 Å². The third-order valence-electron chi connectivity index (χ3n) is 3.44. The lowest BCUT2D eigenvalue weighted by molar-refractivity contribution is -0.599. The predicted molar refractivity (Wildman–Crippen MR) is 77.9 cm³/mol. The number of aromatic nitrogens is 2. The fourth-order valence-corrected chi connectivity index (χ4v) is 2.32. The van der Waals surface area contributed by atoms with Gasteiger partial charge in [-0.2, -0.15) is 0 Å². The van der Waals surface area contributed by atoms with E-state index in [0.717, 1.165) is 11.3 Å². The topological polar surface area (TPSA) is 21.2 Å². The normalized spacial score (nSPS) is 10.9. The largest absolute Gasteiger partial charge is 0.378 e. The lowest BCUT2D eigenvalue weighted by Crippen LogP contribution is -2.31. The Morgan fingerprint density at radius 3 is 2.32 bits per heavy atom. The van der Waals surface area contributed by atoms with Crippen LogP contribution in [0, 0.1) is 6.92 Å². The van der Waals surface area contributed by atoms with Crippen molar-refractivity contribution in [3.63, 3.8) is 0 Å². The van der Waals surface area contributed by atoms with E-state index in [4.69, 9.17) is 4.98 Å². The molecule has 0 saturated carbocycles. The minimum atomic E-state index is 1.01. The molecule has 0 aliphatic rings. The van der Waals surface area contributed by atoms with Gasteiger partial charge in [0, 0.05) is 43.1 Å². The van der Waals surface area contributed by atoms with Gasteiger partial charge in [-0.1, -0.05) is 18.2 Å². The van der Waals surface area contributed by atoms with Gasteiger partial charge < -0.3 is 9.47 Å². The van der Waals surface area contributed by atoms with E-state index in [9.17, 15) is 0 Å². The first-order valence-corrected chi connectivity index (χ1v) is 6.38. The molecule has 0 bridgehead atoms. The maximum absolute atomic E-state index is 4.71. The molecule has 0 amide bonds. The summed E-state index contributed by atoms with van der Waals surface area (Å²) in [5, 5.41) is 1.22. The first-order valence-electron chi connectivity index (χ1n) is 6.38. The highest BCUT2D eigenvalue weighted by atomic mass is 15.1. The number of nitrogens with zero attached hydrogens (tertiary/aromatic N) is 3. The van der Waals surface area contributed by atoms with E-state index in [1.165, 1.54) is 16.6 Å². The number of aryl methyl sites for hydroxylation is 1. The molecule has 96 valence electrons. The van der Waals surface area contributed by atoms with Gasteiger partial charge in [0.2, 0.25) is 0 Å². The van der Waals surface area contributed by atoms with Crippen molar-refractivity contribution in [3.05, 3.63) is 54.4 Å². The van der Waals surface area contributed by atoms with E-state index in [2.05, 4.69) is 59.1 Å². The Kier molecular flexibility index (Phi) is 2.75. The predicted octanol–water partition coefficient (Wildman–Crippen LogP) is 2.45. The quantitative estimate of drug-likeness (QED) is 0.652. The SMILES string of the molecule is Cc1c(-[n+]2ccc(N(C)C)cc2)[n-]c2ccccc12. The molecule has 3 rings (SSSR count). The van der Waals surface area contributed by atoms with E-state index < -0.39 is 0 Å². The maximum Gasteiger partial charge on any atom is 0.140 e. The molecule has 19 heavy (non-hydrogen) atoms. The smallest absolute Gasteiger partial charge is 0.140 e. The van der Waals surface area contributed by atoms with Crippen LogP contribution < -0.4 is 14.5 Å². The van der Waals surface area contributed by atoms with Gasteiger partial charge in [-0.25, -0.2) is 4.98 Å². The van der Waals surface area contributed by atoms with Gasteiger partial charge in [0.05, 0.1) is 5.52 Å². The first kappa shape index (κ1) is 11.8. The van der Waals surface area contributed by atoms with Crippen molar-refractivity contribution in [1.29, 1.82) is 0 Å². The van der Waals surface area contributed by atoms with E-state index in [1.54, 1.807) is 0 Å². The van der Waals surface area contributed by atoms with Crippen LogP contribution in [-0.4, -0.2) is 14.1 Å². The Labute approximate surface area is 113 Å². The summed E-state index contributed by atoms with van der Waals surface area (Å²) in [6.45, 7) is 2.12. The minimum Gasteiger partial charge on any atom is -0.378 e. The molecular weight excluding hydrogens is 234 g/mol. The van der Waals surface area contributed by atoms with E-state index in [0.29, 0.717) is 0 Å². The molecule has 0 radical (unpaired) electrons. The molecule has 2 aromatic heterocycles. The van der Waals surface area contributed by atoms with Crippen LogP contribution in [0.25, 0.3) is 16.7 Å². The number of para-hydroxylation sites is 1. The van der Waals surface area contributed by atoms with E-state index >= 15 is 0 Å². The summed E-state index contributed by atoms with van der Waals surface area (Å²) >= 11 is 0. The number of hydrogen-bond acceptors (Lipinski definition) is 1. The van der Waals surface area contributed by atoms with Crippen molar-refractivity contribution in [2.45, 2.75) is 6.92 Å². The summed E-state index contributed by atoms with van der Waals surface area (Å²) in [5.41, 5.74) is 3.46. The molecule has 3 aromatic rings. The number of hydrogen-bond donors (Lipinski definition) is 0. The summed E-state index contributed by atoms with van der Waals surface area (Å²) in [6.07, 6.45) is 4.12. The number of benzene rings is 1. The molecule has 0 spiro atoms. The second-order valence-corrected chi connectivity index (χ2v) is 4.94. The van der Waals surface area contributed by atoms with Crippen molar-refractivity contribution >= 4 is 16.6 Å². The molecule has 1 aromatic carbocycles. The summed E-state index contributed by atoms with van der Waals surface area (Å²) in [7, 11) is 4.08. The maximum atomic E-state index is 4.71. The van der Waals surface area contributed by atoms with Gasteiger partial charge in [0.15, 0.2) is 0 Å². The standard InChI is InChI=1S/C16H17N3/c1-12-14-6-4-5-7-15(14)17-16(12)19-10-8-13(9-11-19)18(2)3/h4-11H,1-3H3. The van der Waals surface area contributed by atoms with Crippen LogP contribution in [0.1, 0.15) is 5.56 Å². The summed E-state index contributed by atoms with van der Waals surface area (Å²) in [6, 6.07) is 12.5. The van der Waals surface area contributed by atoms with Gasteiger partial charge in [-0.15, -0.1) is 0 Å². The number of anilines is 1. The van der Waals surface area contributed by atoms with Gasteiger partial charge >= 0.3 is 0 Å². The highest BCUT2D eigenvalue weighted by Gasteiger charge is 2.09. The van der Waals surface area contributed by atoms with Crippen LogP contribution in [0.4, 0.5) is 5.69 Å². The van der Waals surface area contributed by atoms with E-state index in [-0.39, 0.29) is 0 Å². The molecule has 0 saturated heterocycles. The summed E-state index contributed by atoms with van der Waals surface area (Å²) < 4.78 is 2.07. The third kappa shape index (κ3) is 1.97. The van der Waals surface area contributed by atoms with Crippen LogP contribution in [0.15, 0.2) is 48.8 Å². The van der Waals surface area contributed by atoms with Crippen LogP contribution in [0.2, 0.25) is 0 Å². The van der Waals surface area contributed by atoms with Crippen LogP contribution in [0.5, 0.6) is 0 Å². The zero-order valence-corrected chi connectivity index (χ0v) is 11.5. The molecular formula is C16H17N3. The monoisotopic (exact) mass is 251 g/mol. The fourth-order valence-electron chi connectivity index (χ4n) is 2.32. The summed E-state index contributed by atoms with van der Waals surface area (Å²) in [5.74, 6) is 1.01. The Balaban J connectivity index is 2.11. The highest BCUT2D eigenvalue weighted by Crippen LogP contribution is 2.20. The molecule has 0 N–H and O–H groups in total. The Bertz CT molecular complexity index is 708. The third-order valence-corrected chi connectivity index (χ3v) is 3.44. The molecule has 0 unspecified atom stereocenters. The molecule has 0 aliphatic heterocycles. The average Bonchev–Trinajstić information content (AvgIpc) is 2.77.